The van der Waals surface area contributed by atoms with Gasteiger partial charge in [0.15, 0.2) is 0 Å². The lowest BCUT2D eigenvalue weighted by atomic mass is 10.2. The second-order valence-corrected chi connectivity index (χ2v) is 4.26. The van der Waals surface area contributed by atoms with Crippen molar-refractivity contribution in [3.8, 4) is 0 Å². The predicted molar refractivity (Wildman–Crippen MR) is 65.7 cm³/mol. The van der Waals surface area contributed by atoms with Crippen LogP contribution in [0.3, 0.4) is 0 Å². The maximum Gasteiger partial charge on any atom is 0.240 e. The summed E-state index contributed by atoms with van der Waals surface area (Å²) in [5, 5.41) is 3.23. The Morgan fingerprint density at radius 3 is 2.94 bits per heavy atom. The van der Waals surface area contributed by atoms with Gasteiger partial charge in [0, 0.05) is 20.3 Å². The van der Waals surface area contributed by atoms with Gasteiger partial charge in [-0.05, 0) is 12.8 Å². The molecule has 1 N–H and O–H groups in total. The molecule has 1 aliphatic rings. The number of methoxy groups -OCH3 is 1. The third kappa shape index (κ3) is 5.02. The Morgan fingerprint density at radius 2 is 2.24 bits per heavy atom. The predicted octanol–water partition coefficient (Wildman–Crippen LogP) is 0.598. The van der Waals surface area contributed by atoms with E-state index in [1.54, 1.807) is 7.11 Å². The molecule has 0 aromatic carbocycles. The van der Waals surface area contributed by atoms with Crippen LogP contribution in [0, 0.1) is 0 Å². The molecular formula is C12H24N2O3. The molecule has 0 spiro atoms. The Labute approximate surface area is 103 Å². The number of nitrogens with zero attached hydrogens (tertiary/aromatic N) is 1. The number of ether oxygens (including phenoxy) is 2. The zero-order valence-electron chi connectivity index (χ0n) is 10.9. The zero-order valence-corrected chi connectivity index (χ0v) is 10.9. The first-order chi connectivity index (χ1) is 8.29. The molecule has 100 valence electrons. The van der Waals surface area contributed by atoms with Crippen molar-refractivity contribution < 1.29 is 14.3 Å². The lowest BCUT2D eigenvalue weighted by Gasteiger charge is -2.15. The van der Waals surface area contributed by atoms with E-state index in [0.29, 0.717) is 26.5 Å². The normalized spacial score (nSPS) is 20.2. The summed E-state index contributed by atoms with van der Waals surface area (Å²) in [5.41, 5.74) is 0. The van der Waals surface area contributed by atoms with Crippen LogP contribution >= 0.6 is 0 Å². The van der Waals surface area contributed by atoms with Crippen LogP contribution in [0.1, 0.15) is 26.2 Å². The minimum atomic E-state index is 0.0365. The summed E-state index contributed by atoms with van der Waals surface area (Å²) in [5.74, 6) is 0.240. The number of nitrogens with one attached hydrogen (secondary N) is 1. The second-order valence-electron chi connectivity index (χ2n) is 4.26. The fourth-order valence-electron chi connectivity index (χ4n) is 1.91. The van der Waals surface area contributed by atoms with Gasteiger partial charge in [0.1, 0.15) is 0 Å². The molecule has 1 fully saturated rings. The van der Waals surface area contributed by atoms with Crippen LogP contribution < -0.4 is 5.32 Å². The maximum absolute atomic E-state index is 11.9. The summed E-state index contributed by atoms with van der Waals surface area (Å²) in [7, 11) is 1.66. The largest absolute Gasteiger partial charge is 0.382 e. The van der Waals surface area contributed by atoms with Crippen LogP contribution in [0.25, 0.3) is 0 Å². The summed E-state index contributed by atoms with van der Waals surface area (Å²) in [4.78, 5) is 13.7. The van der Waals surface area contributed by atoms with E-state index in [0.717, 1.165) is 25.8 Å². The first-order valence-electron chi connectivity index (χ1n) is 6.38. The minimum Gasteiger partial charge on any atom is -0.382 e. The van der Waals surface area contributed by atoms with Crippen molar-refractivity contribution in [2.45, 2.75) is 32.2 Å². The van der Waals surface area contributed by atoms with Crippen LogP contribution in [0.15, 0.2) is 0 Å². The highest BCUT2D eigenvalue weighted by Gasteiger charge is 2.29. The van der Waals surface area contributed by atoms with E-state index in [1.807, 2.05) is 4.90 Å². The van der Waals surface area contributed by atoms with Crippen molar-refractivity contribution in [2.24, 2.45) is 0 Å². The Balaban J connectivity index is 2.06. The van der Waals surface area contributed by atoms with Gasteiger partial charge in [-0.25, -0.2) is 0 Å². The summed E-state index contributed by atoms with van der Waals surface area (Å²) in [6.07, 6.45) is 2.85. The van der Waals surface area contributed by atoms with Crippen LogP contribution in [-0.4, -0.2) is 57.0 Å². The third-order valence-corrected chi connectivity index (χ3v) is 2.86. The average Bonchev–Trinajstić information content (AvgIpc) is 2.67. The van der Waals surface area contributed by atoms with Crippen LogP contribution in [0.2, 0.25) is 0 Å². The molecule has 1 atom stereocenters. The molecule has 17 heavy (non-hydrogen) atoms. The van der Waals surface area contributed by atoms with Crippen molar-refractivity contribution in [1.82, 2.24) is 10.2 Å². The van der Waals surface area contributed by atoms with Crippen LogP contribution in [0.4, 0.5) is 0 Å². The van der Waals surface area contributed by atoms with E-state index in [2.05, 4.69) is 12.2 Å². The minimum absolute atomic E-state index is 0.0365. The van der Waals surface area contributed by atoms with Gasteiger partial charge in [0.2, 0.25) is 5.91 Å². The maximum atomic E-state index is 11.9. The molecule has 0 bridgehead atoms. The Bertz CT molecular complexity index is 224. The quantitative estimate of drug-likeness (QED) is 0.603. The molecule has 0 aliphatic carbocycles. The summed E-state index contributed by atoms with van der Waals surface area (Å²) < 4.78 is 10.2. The molecule has 0 radical (unpaired) electrons. The van der Waals surface area contributed by atoms with Crippen molar-refractivity contribution in [2.75, 3.05) is 40.1 Å². The first-order valence-corrected chi connectivity index (χ1v) is 6.38. The van der Waals surface area contributed by atoms with Gasteiger partial charge >= 0.3 is 0 Å². The molecule has 1 aliphatic heterocycles. The summed E-state index contributed by atoms with van der Waals surface area (Å²) in [6.45, 7) is 5.50. The van der Waals surface area contributed by atoms with Crippen LogP contribution in [0.5, 0.6) is 0 Å². The van der Waals surface area contributed by atoms with Crippen molar-refractivity contribution in [1.29, 1.82) is 0 Å². The molecule has 5 heteroatoms. The number of hydrogen-bond donors (Lipinski definition) is 1. The van der Waals surface area contributed by atoms with Gasteiger partial charge in [0.05, 0.1) is 25.9 Å². The Kier molecular flexibility index (Phi) is 7.16. The summed E-state index contributed by atoms with van der Waals surface area (Å²) >= 11 is 0. The van der Waals surface area contributed by atoms with Crippen molar-refractivity contribution in [3.63, 3.8) is 0 Å². The Hall–Kier alpha value is -0.650. The number of rotatable bonds is 9. The van der Waals surface area contributed by atoms with Crippen molar-refractivity contribution >= 4 is 5.91 Å². The molecule has 1 amide bonds. The number of carbonyl (C=O) groups is 1. The zero-order chi connectivity index (χ0) is 12.5. The smallest absolute Gasteiger partial charge is 0.240 e. The molecular weight excluding hydrogens is 220 g/mol. The van der Waals surface area contributed by atoms with E-state index in [-0.39, 0.29) is 11.9 Å². The molecule has 5 nitrogen and oxygen atoms in total. The molecule has 1 rings (SSSR count). The highest BCUT2D eigenvalue weighted by molar-refractivity contribution is 5.83. The van der Waals surface area contributed by atoms with Gasteiger partial charge in [-0.3, -0.25) is 10.1 Å². The van der Waals surface area contributed by atoms with Gasteiger partial charge in [-0.15, -0.1) is 0 Å². The van der Waals surface area contributed by atoms with Gasteiger partial charge in [0.25, 0.3) is 0 Å². The molecule has 1 heterocycles. The highest BCUT2D eigenvalue weighted by Crippen LogP contribution is 2.09. The van der Waals surface area contributed by atoms with E-state index in [4.69, 9.17) is 9.47 Å². The lowest BCUT2D eigenvalue weighted by molar-refractivity contribution is -0.129. The second kappa shape index (κ2) is 8.44. The van der Waals surface area contributed by atoms with E-state index in [1.165, 1.54) is 0 Å². The van der Waals surface area contributed by atoms with Crippen LogP contribution in [-0.2, 0) is 14.3 Å². The molecule has 1 saturated heterocycles. The average molecular weight is 244 g/mol. The highest BCUT2D eigenvalue weighted by atomic mass is 16.5. The topological polar surface area (TPSA) is 50.8 Å². The first kappa shape index (κ1) is 14.4. The van der Waals surface area contributed by atoms with Gasteiger partial charge in [-0.2, -0.15) is 0 Å². The van der Waals surface area contributed by atoms with Crippen molar-refractivity contribution in [3.05, 3.63) is 0 Å². The van der Waals surface area contributed by atoms with E-state index >= 15 is 0 Å². The molecule has 0 aromatic rings. The SMILES string of the molecule is CCCC1NCN(CCCOCCOC)C1=O. The molecule has 0 saturated carbocycles. The standard InChI is InChI=1S/C12H24N2O3/c1-3-5-11-12(15)14(10-13-11)6-4-7-17-9-8-16-2/h11,13H,3-10H2,1-2H3. The Morgan fingerprint density at radius 1 is 1.41 bits per heavy atom. The van der Waals surface area contributed by atoms with Gasteiger partial charge < -0.3 is 14.4 Å². The fourth-order valence-corrected chi connectivity index (χ4v) is 1.91. The summed E-state index contributed by atoms with van der Waals surface area (Å²) in [6, 6.07) is 0.0365. The number of hydrogen-bond acceptors (Lipinski definition) is 4. The fraction of sp³-hybridized carbons (Fsp3) is 0.917. The van der Waals surface area contributed by atoms with E-state index in [9.17, 15) is 4.79 Å². The monoisotopic (exact) mass is 244 g/mol. The molecule has 1 unspecified atom stereocenters. The third-order valence-electron chi connectivity index (χ3n) is 2.86. The number of carbonyl (C=O) groups excluding carboxylic acids is 1. The lowest BCUT2D eigenvalue weighted by Crippen LogP contribution is -2.31. The van der Waals surface area contributed by atoms with Gasteiger partial charge in [-0.1, -0.05) is 13.3 Å². The number of amides is 1. The van der Waals surface area contributed by atoms with E-state index < -0.39 is 0 Å². The molecule has 0 aromatic heterocycles.